The van der Waals surface area contributed by atoms with E-state index in [1.807, 2.05) is 6.07 Å². The van der Waals surface area contributed by atoms with Gasteiger partial charge in [0.25, 0.3) is 0 Å². The van der Waals surface area contributed by atoms with Gasteiger partial charge in [-0.05, 0) is 42.9 Å². The summed E-state index contributed by atoms with van der Waals surface area (Å²) in [6.07, 6.45) is 3.39. The van der Waals surface area contributed by atoms with Crippen LogP contribution in [0.4, 0.5) is 4.39 Å². The van der Waals surface area contributed by atoms with E-state index >= 15 is 0 Å². The zero-order valence-electron chi connectivity index (χ0n) is 12.6. The Morgan fingerprint density at radius 3 is 2.86 bits per heavy atom. The summed E-state index contributed by atoms with van der Waals surface area (Å²) in [5, 5.41) is 6.41. The quantitative estimate of drug-likeness (QED) is 0.437. The second kappa shape index (κ2) is 8.62. The number of hydrogen-bond acceptors (Lipinski definition) is 2. The molecule has 1 saturated carbocycles. The molecule has 0 heterocycles. The average Bonchev–Trinajstić information content (AvgIpc) is 3.29. The molecule has 21 heavy (non-hydrogen) atoms. The normalized spacial score (nSPS) is 15.0. The van der Waals surface area contributed by atoms with Gasteiger partial charge in [0.15, 0.2) is 5.96 Å². The minimum absolute atomic E-state index is 0.192. The Balaban J connectivity index is 1.56. The monoisotopic (exact) mass is 293 g/mol. The Labute approximate surface area is 125 Å². The Hall–Kier alpha value is -1.62. The molecule has 2 rings (SSSR count). The van der Waals surface area contributed by atoms with E-state index in [9.17, 15) is 4.39 Å². The average molecular weight is 293 g/mol. The minimum atomic E-state index is -0.192. The number of nitrogens with one attached hydrogen (secondary N) is 2. The molecule has 116 valence electrons. The van der Waals surface area contributed by atoms with Gasteiger partial charge in [-0.3, -0.25) is 4.99 Å². The van der Waals surface area contributed by atoms with Crippen molar-refractivity contribution in [2.75, 3.05) is 33.4 Å². The van der Waals surface area contributed by atoms with Crippen LogP contribution in [0.1, 0.15) is 18.4 Å². The van der Waals surface area contributed by atoms with Gasteiger partial charge in [-0.1, -0.05) is 12.1 Å². The molecule has 1 aromatic carbocycles. The van der Waals surface area contributed by atoms with Gasteiger partial charge in [-0.15, -0.1) is 0 Å². The molecular formula is C16H24FN3O. The van der Waals surface area contributed by atoms with Gasteiger partial charge in [0.05, 0.1) is 6.61 Å². The van der Waals surface area contributed by atoms with E-state index in [0.29, 0.717) is 13.2 Å². The Morgan fingerprint density at radius 2 is 2.14 bits per heavy atom. The molecule has 1 aliphatic carbocycles. The number of benzene rings is 1. The molecule has 4 nitrogen and oxygen atoms in total. The zero-order valence-corrected chi connectivity index (χ0v) is 12.6. The maximum absolute atomic E-state index is 13.0. The molecule has 0 radical (unpaired) electrons. The highest BCUT2D eigenvalue weighted by atomic mass is 19.1. The third-order valence-electron chi connectivity index (χ3n) is 3.41. The summed E-state index contributed by atoms with van der Waals surface area (Å²) in [5.41, 5.74) is 0.978. The molecule has 5 heteroatoms. The van der Waals surface area contributed by atoms with E-state index in [1.165, 1.54) is 18.9 Å². The van der Waals surface area contributed by atoms with E-state index in [-0.39, 0.29) is 5.82 Å². The fourth-order valence-electron chi connectivity index (χ4n) is 2.01. The lowest BCUT2D eigenvalue weighted by Crippen LogP contribution is -2.39. The predicted molar refractivity (Wildman–Crippen MR) is 83.0 cm³/mol. The van der Waals surface area contributed by atoms with Crippen LogP contribution in [0.2, 0.25) is 0 Å². The first-order valence-electron chi connectivity index (χ1n) is 7.54. The van der Waals surface area contributed by atoms with Crippen LogP contribution >= 0.6 is 0 Å². The van der Waals surface area contributed by atoms with Crippen molar-refractivity contribution in [3.8, 4) is 0 Å². The second-order valence-electron chi connectivity index (χ2n) is 5.32. The number of halogens is 1. The predicted octanol–water partition coefficient (Wildman–Crippen LogP) is 1.96. The van der Waals surface area contributed by atoms with Crippen LogP contribution in [0.5, 0.6) is 0 Å². The van der Waals surface area contributed by atoms with Crippen LogP contribution in [0, 0.1) is 11.7 Å². The van der Waals surface area contributed by atoms with Crippen LogP contribution < -0.4 is 10.6 Å². The van der Waals surface area contributed by atoms with Gasteiger partial charge in [0, 0.05) is 26.7 Å². The number of aliphatic imine (C=N–C) groups is 1. The molecule has 1 aromatic rings. The highest BCUT2D eigenvalue weighted by molar-refractivity contribution is 5.79. The number of hydrogen-bond donors (Lipinski definition) is 2. The second-order valence-corrected chi connectivity index (χ2v) is 5.32. The maximum Gasteiger partial charge on any atom is 0.191 e. The van der Waals surface area contributed by atoms with Crippen LogP contribution in [0.3, 0.4) is 0 Å². The van der Waals surface area contributed by atoms with E-state index in [2.05, 4.69) is 15.6 Å². The lowest BCUT2D eigenvalue weighted by atomic mass is 10.1. The molecule has 0 aliphatic heterocycles. The standard InChI is InChI=1S/C16H24FN3O/c1-18-16(20-9-10-21-12-14-5-6-14)19-8-7-13-3-2-4-15(17)11-13/h2-4,11,14H,5-10,12H2,1H3,(H2,18,19,20). The molecule has 0 aromatic heterocycles. The van der Waals surface area contributed by atoms with Crippen molar-refractivity contribution < 1.29 is 9.13 Å². The first kappa shape index (κ1) is 15.8. The van der Waals surface area contributed by atoms with Crippen molar-refractivity contribution in [1.29, 1.82) is 0 Å². The lowest BCUT2D eigenvalue weighted by Gasteiger charge is -2.12. The summed E-state index contributed by atoms with van der Waals surface area (Å²) in [6.45, 7) is 3.03. The van der Waals surface area contributed by atoms with Gasteiger partial charge < -0.3 is 15.4 Å². The first-order valence-corrected chi connectivity index (χ1v) is 7.54. The number of nitrogens with zero attached hydrogens (tertiary/aromatic N) is 1. The highest BCUT2D eigenvalue weighted by Crippen LogP contribution is 2.28. The molecule has 0 bridgehead atoms. The summed E-state index contributed by atoms with van der Waals surface area (Å²) in [5.74, 6) is 1.36. The summed E-state index contributed by atoms with van der Waals surface area (Å²) < 4.78 is 18.6. The maximum atomic E-state index is 13.0. The van der Waals surface area contributed by atoms with E-state index < -0.39 is 0 Å². The topological polar surface area (TPSA) is 45.7 Å². The molecule has 2 N–H and O–H groups in total. The fourth-order valence-corrected chi connectivity index (χ4v) is 2.01. The van der Waals surface area contributed by atoms with Gasteiger partial charge >= 0.3 is 0 Å². The first-order chi connectivity index (χ1) is 10.3. The largest absolute Gasteiger partial charge is 0.379 e. The van der Waals surface area contributed by atoms with Crippen LogP contribution in [-0.4, -0.2) is 39.3 Å². The van der Waals surface area contributed by atoms with Gasteiger partial charge in [-0.25, -0.2) is 4.39 Å². The summed E-state index contributed by atoms with van der Waals surface area (Å²) in [4.78, 5) is 4.15. The Morgan fingerprint density at radius 1 is 1.33 bits per heavy atom. The molecule has 0 spiro atoms. The lowest BCUT2D eigenvalue weighted by molar-refractivity contribution is 0.129. The van der Waals surface area contributed by atoms with Crippen molar-refractivity contribution in [3.63, 3.8) is 0 Å². The molecule has 1 fully saturated rings. The van der Waals surface area contributed by atoms with Crippen molar-refractivity contribution in [2.24, 2.45) is 10.9 Å². The smallest absolute Gasteiger partial charge is 0.191 e. The van der Waals surface area contributed by atoms with Crippen molar-refractivity contribution in [2.45, 2.75) is 19.3 Å². The highest BCUT2D eigenvalue weighted by Gasteiger charge is 2.20. The third-order valence-corrected chi connectivity index (χ3v) is 3.41. The molecule has 0 amide bonds. The number of rotatable bonds is 8. The number of ether oxygens (including phenoxy) is 1. The third kappa shape index (κ3) is 6.58. The van der Waals surface area contributed by atoms with Crippen LogP contribution in [0.15, 0.2) is 29.3 Å². The molecule has 0 atom stereocenters. The SMILES string of the molecule is CN=C(NCCOCC1CC1)NCCc1cccc(F)c1. The van der Waals surface area contributed by atoms with Crippen LogP contribution in [-0.2, 0) is 11.2 Å². The van der Waals surface area contributed by atoms with E-state index in [0.717, 1.165) is 37.0 Å². The zero-order chi connectivity index (χ0) is 14.9. The van der Waals surface area contributed by atoms with E-state index in [1.54, 1.807) is 19.2 Å². The van der Waals surface area contributed by atoms with Gasteiger partial charge in [0.1, 0.15) is 5.82 Å². The summed E-state index contributed by atoms with van der Waals surface area (Å²) >= 11 is 0. The van der Waals surface area contributed by atoms with E-state index in [4.69, 9.17) is 4.74 Å². The van der Waals surface area contributed by atoms with Crippen molar-refractivity contribution in [1.82, 2.24) is 10.6 Å². The Kier molecular flexibility index (Phi) is 6.47. The van der Waals surface area contributed by atoms with Crippen LogP contribution in [0.25, 0.3) is 0 Å². The Bertz CT molecular complexity index is 461. The minimum Gasteiger partial charge on any atom is -0.379 e. The molecule has 0 saturated heterocycles. The molecule has 1 aliphatic rings. The van der Waals surface area contributed by atoms with Crippen molar-refractivity contribution in [3.05, 3.63) is 35.6 Å². The van der Waals surface area contributed by atoms with Gasteiger partial charge in [-0.2, -0.15) is 0 Å². The van der Waals surface area contributed by atoms with Gasteiger partial charge in [0.2, 0.25) is 0 Å². The summed E-state index contributed by atoms with van der Waals surface area (Å²) in [6, 6.07) is 6.67. The summed E-state index contributed by atoms with van der Waals surface area (Å²) in [7, 11) is 1.74. The van der Waals surface area contributed by atoms with Crippen molar-refractivity contribution >= 4 is 5.96 Å². The number of guanidine groups is 1. The molecular weight excluding hydrogens is 269 g/mol. The fraction of sp³-hybridized carbons (Fsp3) is 0.562. The molecule has 0 unspecified atom stereocenters.